The number of rotatable bonds is 1. The Morgan fingerprint density at radius 1 is 1.50 bits per heavy atom. The number of halogens is 1. The molecule has 0 unspecified atom stereocenters. The van der Waals surface area contributed by atoms with Crippen molar-refractivity contribution in [2.75, 3.05) is 0 Å². The number of carbonyl (C=O) groups is 1. The monoisotopic (exact) mass is 191 g/mol. The van der Waals surface area contributed by atoms with E-state index in [0.29, 0.717) is 12.3 Å². The topological polar surface area (TPSA) is 63.3 Å². The zero-order valence-electron chi connectivity index (χ0n) is 6.82. The fourth-order valence-corrected chi connectivity index (χ4v) is 2.63. The van der Waals surface area contributed by atoms with E-state index < -0.39 is 11.5 Å². The summed E-state index contributed by atoms with van der Waals surface area (Å²) in [6.45, 7) is 0. The fourth-order valence-electron chi connectivity index (χ4n) is 2.63. The van der Waals surface area contributed by atoms with Crippen LogP contribution < -0.4 is 5.73 Å². The molecule has 0 heterocycles. The fraction of sp³-hybridized carbons (Fsp3) is 0.875. The molecule has 0 aromatic heterocycles. The SMILES string of the molecule is Cl.N[C@]1(C(=O)O)C[C@@H]2CC[C@H]1C2. The van der Waals surface area contributed by atoms with Gasteiger partial charge >= 0.3 is 5.97 Å². The Hall–Kier alpha value is -0.280. The van der Waals surface area contributed by atoms with E-state index in [1.807, 2.05) is 0 Å². The number of fused-ring (bicyclic) bond motifs is 2. The van der Waals surface area contributed by atoms with E-state index in [0.717, 1.165) is 12.8 Å². The van der Waals surface area contributed by atoms with Gasteiger partial charge in [-0.25, -0.2) is 0 Å². The molecule has 0 aromatic carbocycles. The molecule has 2 aliphatic carbocycles. The number of hydrogen-bond donors (Lipinski definition) is 2. The lowest BCUT2D eigenvalue weighted by Gasteiger charge is -2.28. The highest BCUT2D eigenvalue weighted by atomic mass is 35.5. The minimum Gasteiger partial charge on any atom is -0.480 e. The van der Waals surface area contributed by atoms with Crippen LogP contribution in [-0.4, -0.2) is 16.6 Å². The Bertz CT molecular complexity index is 209. The summed E-state index contributed by atoms with van der Waals surface area (Å²) in [7, 11) is 0. The minimum atomic E-state index is -0.872. The van der Waals surface area contributed by atoms with Crippen molar-refractivity contribution in [3.63, 3.8) is 0 Å². The maximum atomic E-state index is 10.8. The number of carboxylic acids is 1. The summed E-state index contributed by atoms with van der Waals surface area (Å²) in [6.07, 6.45) is 3.96. The molecule has 12 heavy (non-hydrogen) atoms. The van der Waals surface area contributed by atoms with Crippen LogP contribution in [0.5, 0.6) is 0 Å². The van der Waals surface area contributed by atoms with Crippen molar-refractivity contribution < 1.29 is 9.90 Å². The van der Waals surface area contributed by atoms with Crippen molar-refractivity contribution in [3.05, 3.63) is 0 Å². The molecule has 3 atom stereocenters. The van der Waals surface area contributed by atoms with Gasteiger partial charge in [-0.1, -0.05) is 6.42 Å². The lowest BCUT2D eigenvalue weighted by molar-refractivity contribution is -0.145. The van der Waals surface area contributed by atoms with Gasteiger partial charge in [-0.05, 0) is 31.1 Å². The van der Waals surface area contributed by atoms with E-state index in [4.69, 9.17) is 10.8 Å². The summed E-state index contributed by atoms with van der Waals surface area (Å²) >= 11 is 0. The van der Waals surface area contributed by atoms with Gasteiger partial charge in [-0.2, -0.15) is 0 Å². The smallest absolute Gasteiger partial charge is 0.323 e. The Balaban J connectivity index is 0.000000720. The minimum absolute atomic E-state index is 0. The summed E-state index contributed by atoms with van der Waals surface area (Å²) in [5, 5.41) is 8.87. The Morgan fingerprint density at radius 2 is 2.17 bits per heavy atom. The first kappa shape index (κ1) is 9.81. The summed E-state index contributed by atoms with van der Waals surface area (Å²) in [6, 6.07) is 0. The molecule has 2 rings (SSSR count). The first-order valence-electron chi connectivity index (χ1n) is 4.15. The van der Waals surface area contributed by atoms with Gasteiger partial charge in [-0.3, -0.25) is 4.79 Å². The van der Waals surface area contributed by atoms with Crippen LogP contribution in [-0.2, 0) is 4.79 Å². The van der Waals surface area contributed by atoms with Crippen LogP contribution in [0.15, 0.2) is 0 Å². The first-order valence-corrected chi connectivity index (χ1v) is 4.15. The quantitative estimate of drug-likeness (QED) is 0.650. The van der Waals surface area contributed by atoms with Crippen LogP contribution in [0.4, 0.5) is 0 Å². The lowest BCUT2D eigenvalue weighted by Crippen LogP contribution is -2.52. The maximum absolute atomic E-state index is 10.8. The van der Waals surface area contributed by atoms with Crippen LogP contribution in [0.1, 0.15) is 25.7 Å². The Labute approximate surface area is 77.7 Å². The second-order valence-corrected chi connectivity index (χ2v) is 3.93. The van der Waals surface area contributed by atoms with Gasteiger partial charge in [0.1, 0.15) is 5.54 Å². The number of hydrogen-bond acceptors (Lipinski definition) is 2. The second kappa shape index (κ2) is 2.89. The Morgan fingerprint density at radius 3 is 2.42 bits per heavy atom. The zero-order valence-corrected chi connectivity index (χ0v) is 7.64. The van der Waals surface area contributed by atoms with E-state index in [-0.39, 0.29) is 18.3 Å². The van der Waals surface area contributed by atoms with Gasteiger partial charge in [-0.15, -0.1) is 12.4 Å². The third kappa shape index (κ3) is 1.12. The lowest BCUT2D eigenvalue weighted by atomic mass is 9.82. The largest absolute Gasteiger partial charge is 0.480 e. The first-order chi connectivity index (χ1) is 5.13. The molecule has 3 nitrogen and oxygen atoms in total. The highest BCUT2D eigenvalue weighted by Gasteiger charge is 2.53. The molecular formula is C8H14ClNO2. The molecule has 0 saturated heterocycles. The molecule has 0 aromatic rings. The molecule has 0 radical (unpaired) electrons. The second-order valence-electron chi connectivity index (χ2n) is 3.93. The molecular weight excluding hydrogens is 178 g/mol. The molecule has 2 bridgehead atoms. The molecule has 0 aliphatic heterocycles. The molecule has 0 amide bonds. The number of nitrogens with two attached hydrogens (primary N) is 1. The van der Waals surface area contributed by atoms with E-state index in [2.05, 4.69) is 0 Å². The van der Waals surface area contributed by atoms with Gasteiger partial charge in [0, 0.05) is 0 Å². The average Bonchev–Trinajstić information content (AvgIpc) is 2.45. The summed E-state index contributed by atoms with van der Waals surface area (Å²) in [5.74, 6) is 0.0517. The van der Waals surface area contributed by atoms with Gasteiger partial charge in [0.05, 0.1) is 0 Å². The molecule has 0 spiro atoms. The molecule has 2 aliphatic rings. The van der Waals surface area contributed by atoms with E-state index in [9.17, 15) is 4.79 Å². The third-order valence-electron chi connectivity index (χ3n) is 3.29. The highest BCUT2D eigenvalue weighted by Crippen LogP contribution is 2.49. The number of carboxylic acid groups (broad SMARTS) is 1. The molecule has 3 N–H and O–H groups in total. The predicted octanol–water partition coefficient (Wildman–Crippen LogP) is 1.01. The van der Waals surface area contributed by atoms with Crippen molar-refractivity contribution >= 4 is 18.4 Å². The average molecular weight is 192 g/mol. The van der Waals surface area contributed by atoms with Crippen molar-refractivity contribution in [1.29, 1.82) is 0 Å². The van der Waals surface area contributed by atoms with E-state index in [1.165, 1.54) is 6.42 Å². The zero-order chi connectivity index (χ0) is 8.06. The Kier molecular flexibility index (Phi) is 2.36. The van der Waals surface area contributed by atoms with Crippen molar-refractivity contribution in [1.82, 2.24) is 0 Å². The van der Waals surface area contributed by atoms with Crippen molar-refractivity contribution in [2.24, 2.45) is 17.6 Å². The maximum Gasteiger partial charge on any atom is 0.323 e. The van der Waals surface area contributed by atoms with Gasteiger partial charge in [0.2, 0.25) is 0 Å². The number of aliphatic carboxylic acids is 1. The molecule has 2 fully saturated rings. The molecule has 70 valence electrons. The summed E-state index contributed by atoms with van der Waals surface area (Å²) < 4.78 is 0. The summed E-state index contributed by atoms with van der Waals surface area (Å²) in [4.78, 5) is 10.8. The molecule has 4 heteroatoms. The van der Waals surface area contributed by atoms with Crippen LogP contribution in [0.25, 0.3) is 0 Å². The van der Waals surface area contributed by atoms with Crippen LogP contribution in [0.2, 0.25) is 0 Å². The third-order valence-corrected chi connectivity index (χ3v) is 3.29. The van der Waals surface area contributed by atoms with Gasteiger partial charge < -0.3 is 10.8 Å². The normalized spacial score (nSPS) is 44.1. The predicted molar refractivity (Wildman–Crippen MR) is 47.3 cm³/mol. The van der Waals surface area contributed by atoms with E-state index >= 15 is 0 Å². The standard InChI is InChI=1S/C8H13NO2.ClH/c9-8(7(10)11)4-5-1-2-6(8)3-5;/h5-6H,1-4,9H2,(H,10,11);1H/t5-,6+,8-;/m1./s1. The van der Waals surface area contributed by atoms with Gasteiger partial charge in [0.25, 0.3) is 0 Å². The van der Waals surface area contributed by atoms with Crippen LogP contribution >= 0.6 is 12.4 Å². The van der Waals surface area contributed by atoms with Crippen LogP contribution in [0, 0.1) is 11.8 Å². The van der Waals surface area contributed by atoms with E-state index in [1.54, 1.807) is 0 Å². The van der Waals surface area contributed by atoms with Crippen molar-refractivity contribution in [2.45, 2.75) is 31.2 Å². The summed E-state index contributed by atoms with van der Waals surface area (Å²) in [5.41, 5.74) is 4.92. The molecule has 2 saturated carbocycles. The van der Waals surface area contributed by atoms with Gasteiger partial charge in [0.15, 0.2) is 0 Å². The van der Waals surface area contributed by atoms with Crippen molar-refractivity contribution in [3.8, 4) is 0 Å². The van der Waals surface area contributed by atoms with Crippen LogP contribution in [0.3, 0.4) is 0 Å². The highest BCUT2D eigenvalue weighted by molar-refractivity contribution is 5.85.